The zero-order valence-corrected chi connectivity index (χ0v) is 13.7. The lowest BCUT2D eigenvalue weighted by Crippen LogP contribution is -2.35. The Hall–Kier alpha value is -2.76. The Morgan fingerprint density at radius 1 is 1.08 bits per heavy atom. The standard InChI is InChI=1S/C19H19FN2O3/c20-16-4-2-1-3-13(16)10-21-19(23)22-11-15-14-6-8-24-17(14)9-12-5-7-25-18(12)15/h1-4,9H,5-8,10-11H2,(H2,21,22,23). The molecule has 0 unspecified atom stereocenters. The highest BCUT2D eigenvalue weighted by atomic mass is 19.1. The smallest absolute Gasteiger partial charge is 0.315 e. The van der Waals surface area contributed by atoms with E-state index in [0.717, 1.165) is 41.0 Å². The monoisotopic (exact) mass is 342 g/mol. The van der Waals surface area contributed by atoms with Gasteiger partial charge in [-0.3, -0.25) is 0 Å². The predicted molar refractivity (Wildman–Crippen MR) is 90.3 cm³/mol. The fourth-order valence-corrected chi connectivity index (χ4v) is 3.32. The summed E-state index contributed by atoms with van der Waals surface area (Å²) in [7, 11) is 0. The third kappa shape index (κ3) is 3.12. The summed E-state index contributed by atoms with van der Waals surface area (Å²) >= 11 is 0. The molecule has 0 spiro atoms. The van der Waals surface area contributed by atoms with Crippen LogP contribution in [0, 0.1) is 5.82 Å². The molecule has 0 atom stereocenters. The van der Waals surface area contributed by atoms with Gasteiger partial charge in [0.2, 0.25) is 0 Å². The number of halogens is 1. The third-order valence-electron chi connectivity index (χ3n) is 4.58. The summed E-state index contributed by atoms with van der Waals surface area (Å²) in [5.74, 6) is 1.44. The Balaban J connectivity index is 1.42. The molecule has 2 aromatic carbocycles. The van der Waals surface area contributed by atoms with Crippen LogP contribution in [0.2, 0.25) is 0 Å². The number of carbonyl (C=O) groups excluding carboxylic acids is 1. The molecule has 2 N–H and O–H groups in total. The van der Waals surface area contributed by atoms with Gasteiger partial charge in [-0.1, -0.05) is 18.2 Å². The second kappa shape index (κ2) is 6.63. The van der Waals surface area contributed by atoms with E-state index in [-0.39, 0.29) is 18.4 Å². The normalized spacial score (nSPS) is 14.3. The van der Waals surface area contributed by atoms with Gasteiger partial charge in [0.25, 0.3) is 0 Å². The molecule has 4 rings (SSSR count). The van der Waals surface area contributed by atoms with Crippen LogP contribution >= 0.6 is 0 Å². The molecule has 5 nitrogen and oxygen atoms in total. The molecule has 0 aromatic heterocycles. The van der Waals surface area contributed by atoms with Crippen molar-refractivity contribution < 1.29 is 18.7 Å². The van der Waals surface area contributed by atoms with Gasteiger partial charge in [-0.15, -0.1) is 0 Å². The van der Waals surface area contributed by atoms with Gasteiger partial charge in [0, 0.05) is 48.2 Å². The molecular weight excluding hydrogens is 323 g/mol. The SMILES string of the molecule is O=C(NCc1ccccc1F)NCc1c2c(cc3c1OCC3)OCC2. The molecule has 0 radical (unpaired) electrons. The van der Waals surface area contributed by atoms with Crippen molar-refractivity contribution in [1.29, 1.82) is 0 Å². The van der Waals surface area contributed by atoms with Crippen LogP contribution in [0.25, 0.3) is 0 Å². The van der Waals surface area contributed by atoms with E-state index in [1.807, 2.05) is 6.07 Å². The molecule has 2 aliphatic heterocycles. The highest BCUT2D eigenvalue weighted by Crippen LogP contribution is 2.40. The molecule has 0 aliphatic carbocycles. The van der Waals surface area contributed by atoms with E-state index >= 15 is 0 Å². The van der Waals surface area contributed by atoms with Gasteiger partial charge in [-0.05, 0) is 12.1 Å². The van der Waals surface area contributed by atoms with Crippen molar-refractivity contribution in [3.63, 3.8) is 0 Å². The van der Waals surface area contributed by atoms with Crippen LogP contribution in [0.15, 0.2) is 30.3 Å². The van der Waals surface area contributed by atoms with E-state index in [2.05, 4.69) is 10.6 Å². The minimum Gasteiger partial charge on any atom is -0.493 e. The second-order valence-electron chi connectivity index (χ2n) is 6.14. The Kier molecular flexibility index (Phi) is 4.17. The topological polar surface area (TPSA) is 59.6 Å². The Morgan fingerprint density at radius 2 is 1.88 bits per heavy atom. The Morgan fingerprint density at radius 3 is 2.76 bits per heavy atom. The first-order valence-electron chi connectivity index (χ1n) is 8.40. The molecule has 2 aromatic rings. The molecule has 2 heterocycles. The first-order valence-corrected chi connectivity index (χ1v) is 8.40. The Bertz CT molecular complexity index is 790. The van der Waals surface area contributed by atoms with Crippen LogP contribution in [0.1, 0.15) is 22.3 Å². The van der Waals surface area contributed by atoms with Crippen molar-refractivity contribution in [3.8, 4) is 11.5 Å². The summed E-state index contributed by atoms with van der Waals surface area (Å²) in [5, 5.41) is 5.52. The molecule has 25 heavy (non-hydrogen) atoms. The van der Waals surface area contributed by atoms with E-state index in [1.165, 1.54) is 6.07 Å². The minimum atomic E-state index is -0.341. The van der Waals surface area contributed by atoms with E-state index in [1.54, 1.807) is 18.2 Å². The van der Waals surface area contributed by atoms with Crippen LogP contribution in [0.3, 0.4) is 0 Å². The molecule has 130 valence electrons. The minimum absolute atomic E-state index is 0.142. The molecule has 0 fully saturated rings. The number of nitrogens with one attached hydrogen (secondary N) is 2. The van der Waals surface area contributed by atoms with Crippen LogP contribution in [0.4, 0.5) is 9.18 Å². The first-order chi connectivity index (χ1) is 12.2. The van der Waals surface area contributed by atoms with Gasteiger partial charge >= 0.3 is 6.03 Å². The van der Waals surface area contributed by atoms with E-state index in [4.69, 9.17) is 9.47 Å². The van der Waals surface area contributed by atoms with E-state index in [0.29, 0.717) is 25.3 Å². The molecular formula is C19H19FN2O3. The van der Waals surface area contributed by atoms with Gasteiger partial charge in [-0.25, -0.2) is 9.18 Å². The lowest BCUT2D eigenvalue weighted by atomic mass is 9.99. The van der Waals surface area contributed by atoms with Gasteiger partial charge in [0.05, 0.1) is 13.2 Å². The second-order valence-corrected chi connectivity index (χ2v) is 6.14. The quantitative estimate of drug-likeness (QED) is 0.898. The maximum atomic E-state index is 13.6. The lowest BCUT2D eigenvalue weighted by Gasteiger charge is -2.14. The van der Waals surface area contributed by atoms with Crippen molar-refractivity contribution in [1.82, 2.24) is 10.6 Å². The Labute approximate surface area is 145 Å². The van der Waals surface area contributed by atoms with Gasteiger partial charge in [-0.2, -0.15) is 0 Å². The number of hydrogen-bond donors (Lipinski definition) is 2. The molecule has 6 heteroatoms. The molecule has 2 aliphatic rings. The summed E-state index contributed by atoms with van der Waals surface area (Å²) < 4.78 is 25.0. The average molecular weight is 342 g/mol. The number of amides is 2. The summed E-state index contributed by atoms with van der Waals surface area (Å²) in [5.41, 5.74) is 3.68. The van der Waals surface area contributed by atoms with Crippen molar-refractivity contribution in [3.05, 3.63) is 58.4 Å². The summed E-state index contributed by atoms with van der Waals surface area (Å²) in [6, 6.07) is 8.10. The average Bonchev–Trinajstić information content (AvgIpc) is 3.26. The van der Waals surface area contributed by atoms with E-state index < -0.39 is 0 Å². The third-order valence-corrected chi connectivity index (χ3v) is 4.58. The fraction of sp³-hybridized carbons (Fsp3) is 0.316. The largest absolute Gasteiger partial charge is 0.493 e. The van der Waals surface area contributed by atoms with Crippen LogP contribution in [-0.2, 0) is 25.9 Å². The summed E-state index contributed by atoms with van der Waals surface area (Å²) in [6.07, 6.45) is 1.68. The molecule has 2 amide bonds. The van der Waals surface area contributed by atoms with Crippen LogP contribution < -0.4 is 20.1 Å². The fourth-order valence-electron chi connectivity index (χ4n) is 3.32. The number of carbonyl (C=O) groups is 1. The summed E-state index contributed by atoms with van der Waals surface area (Å²) in [4.78, 5) is 12.1. The van der Waals surface area contributed by atoms with Crippen molar-refractivity contribution in [2.45, 2.75) is 25.9 Å². The zero-order valence-electron chi connectivity index (χ0n) is 13.7. The van der Waals surface area contributed by atoms with Gasteiger partial charge < -0.3 is 20.1 Å². The maximum Gasteiger partial charge on any atom is 0.315 e. The van der Waals surface area contributed by atoms with Crippen LogP contribution in [0.5, 0.6) is 11.5 Å². The van der Waals surface area contributed by atoms with Crippen molar-refractivity contribution >= 4 is 6.03 Å². The van der Waals surface area contributed by atoms with Crippen molar-refractivity contribution in [2.75, 3.05) is 13.2 Å². The number of rotatable bonds is 4. The molecule has 0 saturated carbocycles. The number of urea groups is 1. The molecule has 0 bridgehead atoms. The number of ether oxygens (including phenoxy) is 2. The van der Waals surface area contributed by atoms with Crippen LogP contribution in [-0.4, -0.2) is 19.2 Å². The molecule has 0 saturated heterocycles. The maximum absolute atomic E-state index is 13.6. The number of hydrogen-bond acceptors (Lipinski definition) is 3. The first kappa shape index (κ1) is 15.7. The van der Waals surface area contributed by atoms with E-state index in [9.17, 15) is 9.18 Å². The number of fused-ring (bicyclic) bond motifs is 2. The lowest BCUT2D eigenvalue weighted by molar-refractivity contribution is 0.240. The number of benzene rings is 2. The van der Waals surface area contributed by atoms with Gasteiger partial charge in [0.15, 0.2) is 0 Å². The van der Waals surface area contributed by atoms with Crippen molar-refractivity contribution in [2.24, 2.45) is 0 Å². The summed E-state index contributed by atoms with van der Waals surface area (Å²) in [6.45, 7) is 1.82. The zero-order chi connectivity index (χ0) is 17.2. The highest BCUT2D eigenvalue weighted by Gasteiger charge is 2.26. The highest BCUT2D eigenvalue weighted by molar-refractivity contribution is 5.74. The predicted octanol–water partition coefficient (Wildman–Crippen LogP) is 2.69. The van der Waals surface area contributed by atoms with Gasteiger partial charge in [0.1, 0.15) is 17.3 Å².